The van der Waals surface area contributed by atoms with Crippen LogP contribution in [-0.2, 0) is 4.79 Å². The monoisotopic (exact) mass is 380 g/mol. The van der Waals surface area contributed by atoms with Crippen LogP contribution in [0.5, 0.6) is 5.75 Å². The lowest BCUT2D eigenvalue weighted by molar-refractivity contribution is -0.130. The van der Waals surface area contributed by atoms with Gasteiger partial charge in [-0.25, -0.2) is 0 Å². The number of nitrogens with zero attached hydrogens (tertiary/aromatic N) is 1. The zero-order chi connectivity index (χ0) is 18.1. The third-order valence-corrected chi connectivity index (χ3v) is 4.51. The van der Waals surface area contributed by atoms with E-state index in [2.05, 4.69) is 5.32 Å². The van der Waals surface area contributed by atoms with Crippen LogP contribution in [0.2, 0.25) is 5.02 Å². The molecule has 0 aliphatic heterocycles. The van der Waals surface area contributed by atoms with Gasteiger partial charge < -0.3 is 15.0 Å². The van der Waals surface area contributed by atoms with Crippen LogP contribution in [-0.4, -0.2) is 43.5 Å². The summed E-state index contributed by atoms with van der Waals surface area (Å²) in [5.41, 5.74) is 0.660. The first-order valence-electron chi connectivity index (χ1n) is 7.99. The number of carbonyl (C=O) groups is 2. The third-order valence-electron chi connectivity index (χ3n) is 3.57. The highest BCUT2D eigenvalue weighted by Gasteiger charge is 2.09. The fourth-order valence-corrected chi connectivity index (χ4v) is 2.85. The summed E-state index contributed by atoms with van der Waals surface area (Å²) in [5, 5.41) is 7.13. The van der Waals surface area contributed by atoms with Gasteiger partial charge in [-0.2, -0.15) is 11.3 Å². The van der Waals surface area contributed by atoms with E-state index in [0.29, 0.717) is 43.1 Å². The molecule has 0 spiro atoms. The van der Waals surface area contributed by atoms with Crippen LogP contribution in [0.15, 0.2) is 41.1 Å². The normalized spacial score (nSPS) is 10.3. The van der Waals surface area contributed by atoms with Gasteiger partial charge in [-0.15, -0.1) is 0 Å². The van der Waals surface area contributed by atoms with Crippen LogP contribution in [0.25, 0.3) is 0 Å². The number of benzene rings is 1. The van der Waals surface area contributed by atoms with E-state index in [0.717, 1.165) is 5.75 Å². The van der Waals surface area contributed by atoms with E-state index >= 15 is 0 Å². The van der Waals surface area contributed by atoms with Gasteiger partial charge in [0.15, 0.2) is 0 Å². The lowest BCUT2D eigenvalue weighted by Crippen LogP contribution is -2.31. The molecule has 2 aromatic rings. The molecule has 25 heavy (non-hydrogen) atoms. The zero-order valence-corrected chi connectivity index (χ0v) is 15.6. The predicted molar refractivity (Wildman–Crippen MR) is 100 cm³/mol. The van der Waals surface area contributed by atoms with Gasteiger partial charge in [-0.1, -0.05) is 11.6 Å². The standard InChI is InChI=1S/C18H21ClN2O3S/c1-21(10-11-24-16-6-4-15(19)5-7-16)17(22)3-2-9-20-18(23)14-8-12-25-13-14/h4-8,12-13H,2-3,9-11H2,1H3,(H,20,23). The summed E-state index contributed by atoms with van der Waals surface area (Å²) in [6, 6.07) is 8.88. The summed E-state index contributed by atoms with van der Waals surface area (Å²) in [7, 11) is 1.75. The highest BCUT2D eigenvalue weighted by molar-refractivity contribution is 7.08. The molecular weight excluding hydrogens is 360 g/mol. The number of ether oxygens (including phenoxy) is 1. The first-order chi connectivity index (χ1) is 12.1. The molecule has 1 heterocycles. The van der Waals surface area contributed by atoms with E-state index in [1.807, 2.05) is 5.38 Å². The van der Waals surface area contributed by atoms with Gasteiger partial charge in [0.05, 0.1) is 6.54 Å². The SMILES string of the molecule is CN(CCOc1ccc(Cl)cc1)C(=O)CCCNC(=O)c1ccsc1. The molecule has 2 rings (SSSR count). The van der Waals surface area contributed by atoms with Crippen LogP contribution >= 0.6 is 22.9 Å². The topological polar surface area (TPSA) is 58.6 Å². The van der Waals surface area contributed by atoms with Gasteiger partial charge in [0, 0.05) is 36.0 Å². The van der Waals surface area contributed by atoms with E-state index < -0.39 is 0 Å². The van der Waals surface area contributed by atoms with Crippen molar-refractivity contribution in [2.24, 2.45) is 0 Å². The quantitative estimate of drug-likeness (QED) is 0.678. The number of thiophene rings is 1. The Kier molecular flexibility index (Phi) is 7.76. The van der Waals surface area contributed by atoms with Crippen molar-refractivity contribution < 1.29 is 14.3 Å². The minimum absolute atomic E-state index is 0.0319. The number of hydrogen-bond donors (Lipinski definition) is 1. The summed E-state index contributed by atoms with van der Waals surface area (Å²) in [6.07, 6.45) is 0.998. The fourth-order valence-electron chi connectivity index (χ4n) is 2.08. The first-order valence-corrected chi connectivity index (χ1v) is 9.31. The van der Waals surface area contributed by atoms with Crippen LogP contribution in [0.1, 0.15) is 23.2 Å². The highest BCUT2D eigenvalue weighted by Crippen LogP contribution is 2.15. The lowest BCUT2D eigenvalue weighted by Gasteiger charge is -2.17. The molecule has 0 unspecified atom stereocenters. The molecule has 0 aliphatic carbocycles. The molecule has 5 nitrogen and oxygen atoms in total. The smallest absolute Gasteiger partial charge is 0.252 e. The molecule has 1 aromatic heterocycles. The second kappa shape index (κ2) is 10.1. The summed E-state index contributed by atoms with van der Waals surface area (Å²) in [4.78, 5) is 25.4. The van der Waals surface area contributed by atoms with Crippen LogP contribution in [0.3, 0.4) is 0 Å². The van der Waals surface area contributed by atoms with Crippen molar-refractivity contribution in [3.63, 3.8) is 0 Å². The number of rotatable bonds is 9. The van der Waals surface area contributed by atoms with Gasteiger partial charge >= 0.3 is 0 Å². The number of halogens is 1. The zero-order valence-electron chi connectivity index (χ0n) is 14.0. The molecule has 0 atom stereocenters. The molecule has 0 saturated carbocycles. The van der Waals surface area contributed by atoms with E-state index in [1.165, 1.54) is 11.3 Å². The van der Waals surface area contributed by atoms with Crippen molar-refractivity contribution >= 4 is 34.8 Å². The van der Waals surface area contributed by atoms with E-state index in [4.69, 9.17) is 16.3 Å². The van der Waals surface area contributed by atoms with Gasteiger partial charge in [-0.3, -0.25) is 9.59 Å². The van der Waals surface area contributed by atoms with E-state index in [-0.39, 0.29) is 11.8 Å². The van der Waals surface area contributed by atoms with Crippen molar-refractivity contribution in [1.82, 2.24) is 10.2 Å². The molecule has 2 amide bonds. The maximum absolute atomic E-state index is 12.0. The Morgan fingerprint density at radius 3 is 2.68 bits per heavy atom. The minimum atomic E-state index is -0.0987. The number of hydrogen-bond acceptors (Lipinski definition) is 4. The Morgan fingerprint density at radius 2 is 2.00 bits per heavy atom. The summed E-state index contributed by atoms with van der Waals surface area (Å²) < 4.78 is 5.57. The molecular formula is C18H21ClN2O3S. The fraction of sp³-hybridized carbons (Fsp3) is 0.333. The van der Waals surface area contributed by atoms with Crippen LogP contribution in [0.4, 0.5) is 0 Å². The molecule has 0 radical (unpaired) electrons. The minimum Gasteiger partial charge on any atom is -0.492 e. The van der Waals surface area contributed by atoms with Gasteiger partial charge in [-0.05, 0) is 42.1 Å². The van der Waals surface area contributed by atoms with Gasteiger partial charge in [0.1, 0.15) is 12.4 Å². The summed E-state index contributed by atoms with van der Waals surface area (Å²) >= 11 is 7.30. The van der Waals surface area contributed by atoms with Crippen molar-refractivity contribution in [3.8, 4) is 5.75 Å². The number of likely N-dealkylation sites (N-methyl/N-ethyl adjacent to an activating group) is 1. The molecule has 0 saturated heterocycles. The second-order valence-corrected chi connectivity index (χ2v) is 6.71. The van der Waals surface area contributed by atoms with Crippen molar-refractivity contribution in [3.05, 3.63) is 51.7 Å². The maximum Gasteiger partial charge on any atom is 0.252 e. The van der Waals surface area contributed by atoms with Crippen molar-refractivity contribution in [2.75, 3.05) is 26.7 Å². The highest BCUT2D eigenvalue weighted by atomic mass is 35.5. The molecule has 0 bridgehead atoms. The molecule has 134 valence electrons. The van der Waals surface area contributed by atoms with Crippen LogP contribution in [0, 0.1) is 0 Å². The average Bonchev–Trinajstić information content (AvgIpc) is 3.14. The Hall–Kier alpha value is -2.05. The average molecular weight is 381 g/mol. The number of amides is 2. The molecule has 0 aliphatic rings. The Labute approximate surface area is 156 Å². The summed E-state index contributed by atoms with van der Waals surface area (Å²) in [6.45, 7) is 1.40. The number of nitrogens with one attached hydrogen (secondary N) is 1. The first kappa shape index (κ1) is 19.3. The Balaban J connectivity index is 1.58. The lowest BCUT2D eigenvalue weighted by atomic mass is 10.2. The van der Waals surface area contributed by atoms with E-state index in [9.17, 15) is 9.59 Å². The van der Waals surface area contributed by atoms with Crippen molar-refractivity contribution in [1.29, 1.82) is 0 Å². The molecule has 0 fully saturated rings. The van der Waals surface area contributed by atoms with E-state index in [1.54, 1.807) is 47.7 Å². The predicted octanol–water partition coefficient (Wildman–Crippen LogP) is 3.45. The van der Waals surface area contributed by atoms with Gasteiger partial charge in [0.25, 0.3) is 5.91 Å². The second-order valence-electron chi connectivity index (χ2n) is 5.49. The Bertz CT molecular complexity index is 674. The van der Waals surface area contributed by atoms with Crippen molar-refractivity contribution in [2.45, 2.75) is 12.8 Å². The van der Waals surface area contributed by atoms with Gasteiger partial charge in [0.2, 0.25) is 5.91 Å². The molecule has 1 N–H and O–H groups in total. The third kappa shape index (κ3) is 6.76. The molecule has 1 aromatic carbocycles. The molecule has 7 heteroatoms. The largest absolute Gasteiger partial charge is 0.492 e. The summed E-state index contributed by atoms with van der Waals surface area (Å²) in [5.74, 6) is 0.657. The maximum atomic E-state index is 12.0. The number of carbonyl (C=O) groups excluding carboxylic acids is 2. The Morgan fingerprint density at radius 1 is 1.24 bits per heavy atom. The van der Waals surface area contributed by atoms with Crippen LogP contribution < -0.4 is 10.1 Å².